The molecule has 1 aromatic carbocycles. The van der Waals surface area contributed by atoms with Gasteiger partial charge in [-0.15, -0.1) is 0 Å². The first-order valence-corrected chi connectivity index (χ1v) is 7.21. The van der Waals surface area contributed by atoms with Gasteiger partial charge in [-0.1, -0.05) is 40.9 Å². The topological polar surface area (TPSA) is 60.4 Å². The average Bonchev–Trinajstić information content (AvgIpc) is 2.58. The van der Waals surface area contributed by atoms with Crippen molar-refractivity contribution in [2.75, 3.05) is 0 Å². The van der Waals surface area contributed by atoms with E-state index in [1.807, 2.05) is 6.92 Å². The molecule has 4 nitrogen and oxygen atoms in total. The highest BCUT2D eigenvalue weighted by Gasteiger charge is 2.42. The zero-order chi connectivity index (χ0) is 13.5. The standard InChI is InChI=1S/C11H8Cl2O4S/c1-6-2-4-7(5-3-6)18(15,16)11-9(13)8(12)10(14)17-11/h2-5,11H,1H3. The first kappa shape index (κ1) is 13.4. The van der Waals surface area contributed by atoms with Gasteiger partial charge in [0.1, 0.15) is 10.1 Å². The summed E-state index contributed by atoms with van der Waals surface area (Å²) in [5.41, 5.74) is -0.640. The van der Waals surface area contributed by atoms with Crippen LogP contribution in [0, 0.1) is 6.92 Å². The van der Waals surface area contributed by atoms with E-state index in [1.165, 1.54) is 12.1 Å². The number of carbonyl (C=O) groups excluding carboxylic acids is 1. The van der Waals surface area contributed by atoms with Crippen LogP contribution in [-0.4, -0.2) is 19.8 Å². The number of hydrogen-bond donors (Lipinski definition) is 0. The Morgan fingerprint density at radius 3 is 2.17 bits per heavy atom. The van der Waals surface area contributed by atoms with E-state index in [2.05, 4.69) is 4.74 Å². The Bertz CT molecular complexity index is 632. The van der Waals surface area contributed by atoms with Crippen LogP contribution in [0.15, 0.2) is 39.2 Å². The van der Waals surface area contributed by atoms with Crippen molar-refractivity contribution in [3.63, 3.8) is 0 Å². The molecule has 0 aliphatic carbocycles. The third kappa shape index (κ3) is 2.13. The van der Waals surface area contributed by atoms with E-state index < -0.39 is 26.3 Å². The molecule has 0 saturated heterocycles. The fourth-order valence-corrected chi connectivity index (χ4v) is 3.50. The average molecular weight is 307 g/mol. The normalized spacial score (nSPS) is 20.2. The van der Waals surface area contributed by atoms with Gasteiger partial charge in [-0.2, -0.15) is 0 Å². The maximum atomic E-state index is 12.2. The van der Waals surface area contributed by atoms with Crippen LogP contribution in [0.1, 0.15) is 5.56 Å². The largest absolute Gasteiger partial charge is 0.435 e. The quantitative estimate of drug-likeness (QED) is 0.787. The minimum Gasteiger partial charge on any atom is -0.435 e. The first-order valence-electron chi connectivity index (χ1n) is 4.91. The summed E-state index contributed by atoms with van der Waals surface area (Å²) >= 11 is 11.2. The second kappa shape index (κ2) is 4.57. The van der Waals surface area contributed by atoms with Gasteiger partial charge in [0.15, 0.2) is 0 Å². The smallest absolute Gasteiger partial charge is 0.352 e. The number of aryl methyl sites for hydroxylation is 1. The lowest BCUT2D eigenvalue weighted by atomic mass is 10.2. The molecule has 0 radical (unpaired) electrons. The molecule has 1 aliphatic heterocycles. The van der Waals surface area contributed by atoms with Crippen molar-refractivity contribution >= 4 is 39.0 Å². The second-order valence-corrected chi connectivity index (χ2v) is 6.53. The predicted octanol–water partition coefficient (Wildman–Crippen LogP) is 2.34. The number of cyclic esters (lactones) is 1. The van der Waals surface area contributed by atoms with E-state index >= 15 is 0 Å². The van der Waals surface area contributed by atoms with Crippen LogP contribution < -0.4 is 0 Å². The van der Waals surface area contributed by atoms with E-state index in [1.54, 1.807) is 12.1 Å². The molecule has 0 aromatic heterocycles. The fraction of sp³-hybridized carbons (Fsp3) is 0.182. The Labute approximate surface area is 114 Å². The monoisotopic (exact) mass is 306 g/mol. The van der Waals surface area contributed by atoms with Gasteiger partial charge in [0.25, 0.3) is 0 Å². The summed E-state index contributed by atoms with van der Waals surface area (Å²) in [5, 5.41) is -0.695. The molecule has 2 rings (SSSR count). The summed E-state index contributed by atoms with van der Waals surface area (Å²) in [6.07, 6.45) is 0. The number of carbonyl (C=O) groups is 1. The number of benzene rings is 1. The van der Waals surface area contributed by atoms with Gasteiger partial charge in [-0.05, 0) is 19.1 Å². The Morgan fingerprint density at radius 1 is 1.17 bits per heavy atom. The zero-order valence-electron chi connectivity index (χ0n) is 9.18. The maximum Gasteiger partial charge on any atom is 0.352 e. The summed E-state index contributed by atoms with van der Waals surface area (Å²) < 4.78 is 29.1. The van der Waals surface area contributed by atoms with Gasteiger partial charge in [-0.3, -0.25) is 0 Å². The number of esters is 1. The first-order chi connectivity index (χ1) is 8.34. The summed E-state index contributed by atoms with van der Waals surface area (Å²) in [6, 6.07) is 6.13. The number of rotatable bonds is 2. The van der Waals surface area contributed by atoms with Crippen molar-refractivity contribution in [1.29, 1.82) is 0 Å². The summed E-state index contributed by atoms with van der Waals surface area (Å²) in [5.74, 6) is -0.928. The molecule has 1 aliphatic rings. The van der Waals surface area contributed by atoms with Crippen LogP contribution in [0.5, 0.6) is 0 Å². The van der Waals surface area contributed by atoms with Gasteiger partial charge in [-0.25, -0.2) is 13.2 Å². The molecule has 96 valence electrons. The lowest BCUT2D eigenvalue weighted by Crippen LogP contribution is -2.22. The second-order valence-electron chi connectivity index (χ2n) is 3.76. The van der Waals surface area contributed by atoms with Crippen LogP contribution in [0.3, 0.4) is 0 Å². The van der Waals surface area contributed by atoms with Crippen LogP contribution >= 0.6 is 23.2 Å². The SMILES string of the molecule is Cc1ccc(S(=O)(=O)C2OC(=O)C(Cl)=C2Cl)cc1. The molecular formula is C11H8Cl2O4S. The lowest BCUT2D eigenvalue weighted by molar-refractivity contribution is -0.136. The molecule has 1 aromatic rings. The molecule has 0 spiro atoms. The Balaban J connectivity index is 2.45. The van der Waals surface area contributed by atoms with Crippen molar-refractivity contribution in [2.24, 2.45) is 0 Å². The highest BCUT2D eigenvalue weighted by molar-refractivity contribution is 7.92. The Morgan fingerprint density at radius 2 is 1.72 bits per heavy atom. The number of halogens is 2. The van der Waals surface area contributed by atoms with E-state index in [0.717, 1.165) is 5.56 Å². The molecule has 7 heteroatoms. The maximum absolute atomic E-state index is 12.2. The molecule has 1 atom stereocenters. The molecule has 1 heterocycles. The van der Waals surface area contributed by atoms with Crippen LogP contribution in [0.2, 0.25) is 0 Å². The van der Waals surface area contributed by atoms with Crippen LogP contribution in [0.25, 0.3) is 0 Å². The Kier molecular flexibility index (Phi) is 3.40. The van der Waals surface area contributed by atoms with Gasteiger partial charge in [0.2, 0.25) is 15.3 Å². The van der Waals surface area contributed by atoms with Crippen LogP contribution in [-0.2, 0) is 19.4 Å². The van der Waals surface area contributed by atoms with Crippen molar-refractivity contribution in [1.82, 2.24) is 0 Å². The number of sulfone groups is 1. The molecule has 0 bridgehead atoms. The molecular weight excluding hydrogens is 299 g/mol. The third-order valence-corrected chi connectivity index (χ3v) is 5.24. The fourth-order valence-electron chi connectivity index (χ4n) is 1.45. The Hall–Kier alpha value is -1.04. The highest BCUT2D eigenvalue weighted by Crippen LogP contribution is 2.34. The van der Waals surface area contributed by atoms with E-state index in [0.29, 0.717) is 0 Å². The third-order valence-electron chi connectivity index (χ3n) is 2.44. The summed E-state index contributed by atoms with van der Waals surface area (Å²) in [4.78, 5) is 11.2. The highest BCUT2D eigenvalue weighted by atomic mass is 35.5. The molecule has 0 saturated carbocycles. The molecule has 0 amide bonds. The lowest BCUT2D eigenvalue weighted by Gasteiger charge is -2.11. The van der Waals surface area contributed by atoms with E-state index in [4.69, 9.17) is 23.2 Å². The number of hydrogen-bond acceptors (Lipinski definition) is 4. The zero-order valence-corrected chi connectivity index (χ0v) is 11.5. The van der Waals surface area contributed by atoms with Crippen molar-refractivity contribution in [3.8, 4) is 0 Å². The van der Waals surface area contributed by atoms with Crippen molar-refractivity contribution < 1.29 is 17.9 Å². The molecule has 18 heavy (non-hydrogen) atoms. The summed E-state index contributed by atoms with van der Waals surface area (Å²) in [7, 11) is -3.89. The van der Waals surface area contributed by atoms with E-state index in [-0.39, 0.29) is 9.93 Å². The van der Waals surface area contributed by atoms with Gasteiger partial charge in [0.05, 0.1) is 4.90 Å². The van der Waals surface area contributed by atoms with Gasteiger partial charge in [0, 0.05) is 0 Å². The van der Waals surface area contributed by atoms with E-state index in [9.17, 15) is 13.2 Å². The van der Waals surface area contributed by atoms with Gasteiger partial charge < -0.3 is 4.74 Å². The summed E-state index contributed by atoms with van der Waals surface area (Å²) in [6.45, 7) is 1.83. The minimum atomic E-state index is -3.89. The van der Waals surface area contributed by atoms with Crippen LogP contribution in [0.4, 0.5) is 0 Å². The molecule has 0 fully saturated rings. The molecule has 0 N–H and O–H groups in total. The minimum absolute atomic E-state index is 0.0235. The van der Waals surface area contributed by atoms with Crippen molar-refractivity contribution in [3.05, 3.63) is 39.9 Å². The number of ether oxygens (including phenoxy) is 1. The van der Waals surface area contributed by atoms with Crippen molar-refractivity contribution in [2.45, 2.75) is 17.3 Å². The predicted molar refractivity (Wildman–Crippen MR) is 67.0 cm³/mol. The molecule has 1 unspecified atom stereocenters. The van der Waals surface area contributed by atoms with Gasteiger partial charge >= 0.3 is 5.97 Å².